The fraction of sp³-hybridized carbons (Fsp3) is 0.929. The van der Waals surface area contributed by atoms with Gasteiger partial charge in [0.05, 0.1) is 0 Å². The van der Waals surface area contributed by atoms with E-state index in [1.54, 1.807) is 0 Å². The molecule has 3 N–H and O–H groups in total. The maximum Gasteiger partial charge on any atom is 0.220 e. The molecule has 0 saturated heterocycles. The van der Waals surface area contributed by atoms with Crippen molar-refractivity contribution in [2.24, 2.45) is 17.6 Å². The zero-order chi connectivity index (χ0) is 13.3. The van der Waals surface area contributed by atoms with Gasteiger partial charge in [0, 0.05) is 12.5 Å². The van der Waals surface area contributed by atoms with Crippen LogP contribution in [0.2, 0.25) is 0 Å². The second kappa shape index (κ2) is 9.46. The van der Waals surface area contributed by atoms with Gasteiger partial charge in [-0.3, -0.25) is 4.79 Å². The highest BCUT2D eigenvalue weighted by atomic mass is 16.1. The van der Waals surface area contributed by atoms with Gasteiger partial charge in [-0.05, 0) is 44.6 Å². The van der Waals surface area contributed by atoms with Gasteiger partial charge in [0.1, 0.15) is 0 Å². The van der Waals surface area contributed by atoms with Crippen molar-refractivity contribution in [2.45, 2.75) is 65.8 Å². The third-order valence-electron chi connectivity index (χ3n) is 3.38. The van der Waals surface area contributed by atoms with Gasteiger partial charge in [-0.2, -0.15) is 0 Å². The summed E-state index contributed by atoms with van der Waals surface area (Å²) in [5, 5.41) is 3.07. The second-order valence-electron chi connectivity index (χ2n) is 5.44. The highest BCUT2D eigenvalue weighted by Gasteiger charge is 2.11. The van der Waals surface area contributed by atoms with Crippen LogP contribution in [-0.4, -0.2) is 18.5 Å². The molecule has 0 heterocycles. The molecule has 0 radical (unpaired) electrons. The molecule has 0 saturated carbocycles. The molecule has 3 unspecified atom stereocenters. The first-order valence-corrected chi connectivity index (χ1v) is 6.99. The quantitative estimate of drug-likeness (QED) is 0.653. The summed E-state index contributed by atoms with van der Waals surface area (Å²) in [6, 6.07) is 0.294. The minimum absolute atomic E-state index is 0.185. The average Bonchev–Trinajstić information content (AvgIpc) is 2.26. The van der Waals surface area contributed by atoms with E-state index in [-0.39, 0.29) is 5.91 Å². The maximum atomic E-state index is 11.7. The van der Waals surface area contributed by atoms with E-state index in [2.05, 4.69) is 33.0 Å². The van der Waals surface area contributed by atoms with Gasteiger partial charge in [0.2, 0.25) is 5.91 Å². The lowest BCUT2D eigenvalue weighted by Gasteiger charge is -2.18. The Morgan fingerprint density at radius 3 is 2.35 bits per heavy atom. The molecule has 1 amide bonds. The predicted octanol–water partition coefficient (Wildman–Crippen LogP) is 2.69. The van der Waals surface area contributed by atoms with Gasteiger partial charge in [0.15, 0.2) is 0 Å². The number of amides is 1. The zero-order valence-corrected chi connectivity index (χ0v) is 12.0. The molecular weight excluding hydrogens is 212 g/mol. The van der Waals surface area contributed by atoms with Crippen LogP contribution in [0.25, 0.3) is 0 Å². The fourth-order valence-electron chi connectivity index (χ4n) is 1.98. The molecule has 102 valence electrons. The molecule has 3 atom stereocenters. The molecule has 0 rings (SSSR count). The first-order valence-electron chi connectivity index (χ1n) is 6.99. The van der Waals surface area contributed by atoms with Crippen LogP contribution in [0.15, 0.2) is 0 Å². The van der Waals surface area contributed by atoms with Crippen LogP contribution in [0.1, 0.15) is 59.8 Å². The number of rotatable bonds is 9. The lowest BCUT2D eigenvalue weighted by atomic mass is 9.99. The number of hydrogen-bond acceptors (Lipinski definition) is 2. The summed E-state index contributed by atoms with van der Waals surface area (Å²) in [5.41, 5.74) is 5.49. The van der Waals surface area contributed by atoms with Gasteiger partial charge < -0.3 is 11.1 Å². The van der Waals surface area contributed by atoms with Crippen LogP contribution in [-0.2, 0) is 4.79 Å². The molecule has 0 aliphatic rings. The van der Waals surface area contributed by atoms with Gasteiger partial charge in [-0.1, -0.05) is 27.2 Å². The highest BCUT2D eigenvalue weighted by molar-refractivity contribution is 5.76. The lowest BCUT2D eigenvalue weighted by Crippen LogP contribution is -2.33. The van der Waals surface area contributed by atoms with Crippen molar-refractivity contribution in [3.8, 4) is 0 Å². The van der Waals surface area contributed by atoms with E-state index < -0.39 is 0 Å². The van der Waals surface area contributed by atoms with Crippen LogP contribution >= 0.6 is 0 Å². The largest absolute Gasteiger partial charge is 0.354 e. The van der Waals surface area contributed by atoms with Crippen LogP contribution in [0.5, 0.6) is 0 Å². The number of hydrogen-bond donors (Lipinski definition) is 2. The van der Waals surface area contributed by atoms with E-state index >= 15 is 0 Å². The third kappa shape index (κ3) is 9.16. The van der Waals surface area contributed by atoms with E-state index in [4.69, 9.17) is 5.73 Å². The molecule has 0 aromatic rings. The first-order chi connectivity index (χ1) is 7.99. The summed E-state index contributed by atoms with van der Waals surface area (Å²) in [5.74, 6) is 1.42. The summed E-state index contributed by atoms with van der Waals surface area (Å²) in [4.78, 5) is 11.7. The molecular formula is C14H30N2O. The van der Waals surface area contributed by atoms with Crippen LogP contribution < -0.4 is 11.1 Å². The SMILES string of the molecule is CCC(C)CC(C)NC(=O)CCC(C)CCN. The Morgan fingerprint density at radius 2 is 1.82 bits per heavy atom. The lowest BCUT2D eigenvalue weighted by molar-refractivity contribution is -0.122. The smallest absolute Gasteiger partial charge is 0.220 e. The Hall–Kier alpha value is -0.570. The number of nitrogens with two attached hydrogens (primary N) is 1. The van der Waals surface area contributed by atoms with Gasteiger partial charge >= 0.3 is 0 Å². The molecule has 3 nitrogen and oxygen atoms in total. The topological polar surface area (TPSA) is 55.1 Å². The fourth-order valence-corrected chi connectivity index (χ4v) is 1.98. The monoisotopic (exact) mass is 242 g/mol. The minimum atomic E-state index is 0.185. The Balaban J connectivity index is 3.70. The van der Waals surface area contributed by atoms with E-state index in [0.717, 1.165) is 19.3 Å². The highest BCUT2D eigenvalue weighted by Crippen LogP contribution is 2.11. The molecule has 0 aromatic carbocycles. The van der Waals surface area contributed by atoms with Crippen molar-refractivity contribution in [1.29, 1.82) is 0 Å². The van der Waals surface area contributed by atoms with Crippen molar-refractivity contribution >= 4 is 5.91 Å². The first kappa shape index (κ1) is 16.4. The summed E-state index contributed by atoms with van der Waals surface area (Å²) in [6.45, 7) is 9.38. The minimum Gasteiger partial charge on any atom is -0.354 e. The summed E-state index contributed by atoms with van der Waals surface area (Å²) >= 11 is 0. The molecule has 17 heavy (non-hydrogen) atoms. The van der Waals surface area contributed by atoms with Crippen LogP contribution in [0.3, 0.4) is 0 Å². The van der Waals surface area contributed by atoms with E-state index in [1.165, 1.54) is 6.42 Å². The van der Waals surface area contributed by atoms with Crippen molar-refractivity contribution < 1.29 is 4.79 Å². The summed E-state index contributed by atoms with van der Waals surface area (Å²) in [6.07, 6.45) is 4.83. The third-order valence-corrected chi connectivity index (χ3v) is 3.38. The van der Waals surface area contributed by atoms with Gasteiger partial charge in [0.25, 0.3) is 0 Å². The molecule has 0 aliphatic carbocycles. The number of carbonyl (C=O) groups is 1. The maximum absolute atomic E-state index is 11.7. The predicted molar refractivity (Wildman–Crippen MR) is 73.7 cm³/mol. The molecule has 0 bridgehead atoms. The molecule has 0 fully saturated rings. The van der Waals surface area contributed by atoms with E-state index in [9.17, 15) is 4.79 Å². The zero-order valence-electron chi connectivity index (χ0n) is 12.0. The Morgan fingerprint density at radius 1 is 1.18 bits per heavy atom. The van der Waals surface area contributed by atoms with Gasteiger partial charge in [-0.25, -0.2) is 0 Å². The van der Waals surface area contributed by atoms with Crippen molar-refractivity contribution in [1.82, 2.24) is 5.32 Å². The molecule has 3 heteroatoms. The summed E-state index contributed by atoms with van der Waals surface area (Å²) < 4.78 is 0. The normalized spacial score (nSPS) is 16.3. The second-order valence-corrected chi connectivity index (χ2v) is 5.44. The van der Waals surface area contributed by atoms with Crippen molar-refractivity contribution in [3.63, 3.8) is 0 Å². The molecule has 0 aromatic heterocycles. The molecule has 0 spiro atoms. The Labute approximate surface area is 107 Å². The van der Waals surface area contributed by atoms with Crippen molar-refractivity contribution in [2.75, 3.05) is 6.54 Å². The van der Waals surface area contributed by atoms with E-state index in [1.807, 2.05) is 0 Å². The van der Waals surface area contributed by atoms with Crippen LogP contribution in [0.4, 0.5) is 0 Å². The van der Waals surface area contributed by atoms with E-state index in [0.29, 0.717) is 30.8 Å². The van der Waals surface area contributed by atoms with Gasteiger partial charge in [-0.15, -0.1) is 0 Å². The number of carbonyl (C=O) groups excluding carboxylic acids is 1. The Bertz CT molecular complexity index is 206. The standard InChI is InChI=1S/C14H30N2O/c1-5-11(2)10-13(4)16-14(17)7-6-12(3)8-9-15/h11-13H,5-10,15H2,1-4H3,(H,16,17). The molecule has 0 aliphatic heterocycles. The number of nitrogens with one attached hydrogen (secondary N) is 1. The Kier molecular flexibility index (Phi) is 9.14. The van der Waals surface area contributed by atoms with Crippen molar-refractivity contribution in [3.05, 3.63) is 0 Å². The van der Waals surface area contributed by atoms with Crippen LogP contribution in [0, 0.1) is 11.8 Å². The average molecular weight is 242 g/mol. The summed E-state index contributed by atoms with van der Waals surface area (Å²) in [7, 11) is 0.